The molecule has 1 aliphatic heterocycles. The zero-order valence-electron chi connectivity index (χ0n) is 15.7. The highest BCUT2D eigenvalue weighted by Gasteiger charge is 2.33. The van der Waals surface area contributed by atoms with E-state index in [9.17, 15) is 14.0 Å². The van der Waals surface area contributed by atoms with Gasteiger partial charge in [-0.05, 0) is 39.4 Å². The van der Waals surface area contributed by atoms with Crippen LogP contribution in [-0.4, -0.2) is 66.8 Å². The van der Waals surface area contributed by atoms with Gasteiger partial charge in [-0.3, -0.25) is 14.5 Å². The Kier molecular flexibility index (Phi) is 5.91. The maximum Gasteiger partial charge on any atom is 0.244 e. The predicted molar refractivity (Wildman–Crippen MR) is 97.9 cm³/mol. The summed E-state index contributed by atoms with van der Waals surface area (Å²) in [7, 11) is 3.58. The molecule has 2 aliphatic rings. The third kappa shape index (κ3) is 3.90. The number of carbonyl (C=O) groups is 2. The number of likely N-dealkylation sites (N-methyl/N-ethyl adjacent to an activating group) is 1. The second kappa shape index (κ2) is 8.16. The smallest absolute Gasteiger partial charge is 0.244 e. The summed E-state index contributed by atoms with van der Waals surface area (Å²) in [5.41, 5.74) is 0.397. The van der Waals surface area contributed by atoms with E-state index in [-0.39, 0.29) is 23.5 Å². The van der Waals surface area contributed by atoms with Crippen LogP contribution in [0, 0.1) is 11.7 Å². The molecule has 0 bridgehead atoms. The van der Waals surface area contributed by atoms with Crippen molar-refractivity contribution < 1.29 is 14.0 Å². The molecule has 5 nitrogen and oxygen atoms in total. The fourth-order valence-corrected chi connectivity index (χ4v) is 3.77. The normalized spacial score (nSPS) is 19.8. The lowest BCUT2D eigenvalue weighted by atomic mass is 9.84. The molecule has 1 atom stereocenters. The number of hydrogen-bond donors (Lipinski definition) is 0. The van der Waals surface area contributed by atoms with Crippen LogP contribution in [0.25, 0.3) is 0 Å². The first-order valence-electron chi connectivity index (χ1n) is 9.47. The standard InChI is InChI=1S/C20H28FN3O2/c1-22(2)18(16-9-3-4-10-17(16)21)20(26)24-12-6-11-23(13-14-24)19(25)15-7-5-8-15/h3-4,9-10,15,18H,5-8,11-14H2,1-2H3/t18-/m1/s1. The van der Waals surface area contributed by atoms with Crippen molar-refractivity contribution in [3.05, 3.63) is 35.6 Å². The SMILES string of the molecule is CN(C)[C@@H](C(=O)N1CCCN(C(=O)C2CCC2)CC1)c1ccccc1F. The lowest BCUT2D eigenvalue weighted by molar-refractivity contribution is -0.139. The van der Waals surface area contributed by atoms with Crippen molar-refractivity contribution in [3.63, 3.8) is 0 Å². The van der Waals surface area contributed by atoms with Crippen LogP contribution >= 0.6 is 0 Å². The summed E-state index contributed by atoms with van der Waals surface area (Å²) in [6.07, 6.45) is 3.89. The third-order valence-corrected chi connectivity index (χ3v) is 5.52. The molecule has 0 radical (unpaired) electrons. The Labute approximate surface area is 154 Å². The van der Waals surface area contributed by atoms with Gasteiger partial charge in [-0.2, -0.15) is 0 Å². The Bertz CT molecular complexity index is 660. The van der Waals surface area contributed by atoms with Gasteiger partial charge >= 0.3 is 0 Å². The highest BCUT2D eigenvalue weighted by atomic mass is 19.1. The number of nitrogens with zero attached hydrogens (tertiary/aromatic N) is 3. The molecular weight excluding hydrogens is 333 g/mol. The number of benzene rings is 1. The summed E-state index contributed by atoms with van der Waals surface area (Å²) in [6.45, 7) is 2.38. The van der Waals surface area contributed by atoms with Crippen molar-refractivity contribution in [1.82, 2.24) is 14.7 Å². The quantitative estimate of drug-likeness (QED) is 0.827. The maximum absolute atomic E-state index is 14.3. The Balaban J connectivity index is 1.70. The van der Waals surface area contributed by atoms with Gasteiger partial charge in [-0.15, -0.1) is 0 Å². The highest BCUT2D eigenvalue weighted by molar-refractivity contribution is 5.84. The van der Waals surface area contributed by atoms with Gasteiger partial charge in [0.25, 0.3) is 0 Å². The van der Waals surface area contributed by atoms with Crippen molar-refractivity contribution in [2.24, 2.45) is 5.92 Å². The predicted octanol–water partition coefficient (Wildman–Crippen LogP) is 2.29. The molecule has 0 N–H and O–H groups in total. The molecule has 1 saturated carbocycles. The number of carbonyl (C=O) groups excluding carboxylic acids is 2. The first-order valence-corrected chi connectivity index (χ1v) is 9.47. The molecule has 0 aromatic heterocycles. The van der Waals surface area contributed by atoms with E-state index in [0.29, 0.717) is 31.7 Å². The Morgan fingerprint density at radius 3 is 2.31 bits per heavy atom. The van der Waals surface area contributed by atoms with E-state index in [1.807, 2.05) is 4.90 Å². The zero-order valence-corrected chi connectivity index (χ0v) is 15.7. The molecule has 1 heterocycles. The van der Waals surface area contributed by atoms with Crippen LogP contribution in [0.2, 0.25) is 0 Å². The molecule has 6 heteroatoms. The molecule has 1 aromatic rings. The number of hydrogen-bond acceptors (Lipinski definition) is 3. The van der Waals surface area contributed by atoms with Crippen LogP contribution in [0.5, 0.6) is 0 Å². The van der Waals surface area contributed by atoms with Gasteiger partial charge in [0.2, 0.25) is 11.8 Å². The Morgan fingerprint density at radius 1 is 1.04 bits per heavy atom. The van der Waals surface area contributed by atoms with Crippen molar-refractivity contribution >= 4 is 11.8 Å². The fraction of sp³-hybridized carbons (Fsp3) is 0.600. The summed E-state index contributed by atoms with van der Waals surface area (Å²) in [4.78, 5) is 31.1. The molecule has 1 aromatic carbocycles. The van der Waals surface area contributed by atoms with E-state index in [1.165, 1.54) is 6.07 Å². The van der Waals surface area contributed by atoms with Crippen molar-refractivity contribution in [3.8, 4) is 0 Å². The van der Waals surface area contributed by atoms with Crippen molar-refractivity contribution in [1.29, 1.82) is 0 Å². The molecule has 2 fully saturated rings. The van der Waals surface area contributed by atoms with Crippen molar-refractivity contribution in [2.45, 2.75) is 31.7 Å². The van der Waals surface area contributed by atoms with Crippen LogP contribution in [-0.2, 0) is 9.59 Å². The Morgan fingerprint density at radius 2 is 1.69 bits per heavy atom. The monoisotopic (exact) mass is 361 g/mol. The molecule has 1 saturated heterocycles. The molecule has 0 unspecified atom stereocenters. The fourth-order valence-electron chi connectivity index (χ4n) is 3.77. The minimum atomic E-state index is -0.648. The van der Waals surface area contributed by atoms with E-state index in [0.717, 1.165) is 25.7 Å². The van der Waals surface area contributed by atoms with Crippen molar-refractivity contribution in [2.75, 3.05) is 40.3 Å². The van der Waals surface area contributed by atoms with Gasteiger partial charge in [-0.1, -0.05) is 24.6 Å². The maximum atomic E-state index is 14.3. The molecule has 26 heavy (non-hydrogen) atoms. The zero-order chi connectivity index (χ0) is 18.7. The van der Waals surface area contributed by atoms with Gasteiger partial charge in [0.15, 0.2) is 0 Å². The Hall–Kier alpha value is -1.95. The van der Waals surface area contributed by atoms with Crippen LogP contribution < -0.4 is 0 Å². The van der Waals surface area contributed by atoms with Gasteiger partial charge < -0.3 is 9.80 Å². The molecule has 0 spiro atoms. The van der Waals surface area contributed by atoms with E-state index >= 15 is 0 Å². The number of halogens is 1. The third-order valence-electron chi connectivity index (χ3n) is 5.52. The topological polar surface area (TPSA) is 43.9 Å². The number of rotatable bonds is 4. The van der Waals surface area contributed by atoms with Gasteiger partial charge in [0, 0.05) is 37.7 Å². The van der Waals surface area contributed by atoms with Crippen LogP contribution in [0.3, 0.4) is 0 Å². The van der Waals surface area contributed by atoms with Crippen LogP contribution in [0.4, 0.5) is 4.39 Å². The van der Waals surface area contributed by atoms with E-state index < -0.39 is 6.04 Å². The molecule has 2 amide bonds. The average molecular weight is 361 g/mol. The summed E-state index contributed by atoms with van der Waals surface area (Å²) in [5, 5.41) is 0. The average Bonchev–Trinajstić information content (AvgIpc) is 2.81. The van der Waals surface area contributed by atoms with Crippen LogP contribution in [0.1, 0.15) is 37.3 Å². The van der Waals surface area contributed by atoms with Gasteiger partial charge in [0.05, 0.1) is 0 Å². The molecule has 3 rings (SSSR count). The summed E-state index contributed by atoms with van der Waals surface area (Å²) < 4.78 is 14.3. The lowest BCUT2D eigenvalue weighted by Gasteiger charge is -2.32. The molecule has 1 aliphatic carbocycles. The van der Waals surface area contributed by atoms with Gasteiger partial charge in [-0.25, -0.2) is 4.39 Å². The first kappa shape index (κ1) is 18.8. The molecular formula is C20H28FN3O2. The van der Waals surface area contributed by atoms with E-state index in [1.54, 1.807) is 42.1 Å². The largest absolute Gasteiger partial charge is 0.341 e. The molecule has 142 valence electrons. The minimum absolute atomic E-state index is 0.0990. The van der Waals surface area contributed by atoms with Gasteiger partial charge in [0.1, 0.15) is 11.9 Å². The van der Waals surface area contributed by atoms with E-state index in [2.05, 4.69) is 0 Å². The highest BCUT2D eigenvalue weighted by Crippen LogP contribution is 2.29. The first-order chi connectivity index (χ1) is 12.5. The number of amides is 2. The van der Waals surface area contributed by atoms with Crippen LogP contribution in [0.15, 0.2) is 24.3 Å². The van der Waals surface area contributed by atoms with E-state index in [4.69, 9.17) is 0 Å². The summed E-state index contributed by atoms with van der Waals surface area (Å²) in [5.74, 6) is -0.0387. The summed E-state index contributed by atoms with van der Waals surface area (Å²) >= 11 is 0. The lowest BCUT2D eigenvalue weighted by Crippen LogP contribution is -2.44. The minimum Gasteiger partial charge on any atom is -0.341 e. The summed E-state index contributed by atoms with van der Waals surface area (Å²) in [6, 6.07) is 5.79. The second-order valence-corrected chi connectivity index (χ2v) is 7.52. The second-order valence-electron chi connectivity index (χ2n) is 7.52.